The minimum atomic E-state index is 0.130. The van der Waals surface area contributed by atoms with Crippen molar-refractivity contribution in [1.82, 2.24) is 0 Å². The number of benzene rings is 1. The number of hydrogen-bond donors (Lipinski definition) is 1. The molecule has 20 heavy (non-hydrogen) atoms. The molecule has 1 aliphatic heterocycles. The van der Waals surface area contributed by atoms with Crippen molar-refractivity contribution in [2.45, 2.75) is 38.6 Å². The molecule has 2 rings (SSSR count). The van der Waals surface area contributed by atoms with E-state index in [1.165, 1.54) is 0 Å². The van der Waals surface area contributed by atoms with Crippen LogP contribution in [-0.4, -0.2) is 19.4 Å². The molecule has 4 nitrogen and oxygen atoms in total. The van der Waals surface area contributed by atoms with Crippen LogP contribution < -0.4 is 19.9 Å². The van der Waals surface area contributed by atoms with E-state index in [0.717, 1.165) is 48.5 Å². The van der Waals surface area contributed by atoms with E-state index >= 15 is 0 Å². The van der Waals surface area contributed by atoms with Gasteiger partial charge in [-0.2, -0.15) is 0 Å². The maximum Gasteiger partial charge on any atom is 0.231 e. The number of nitrogens with two attached hydrogens (primary N) is 1. The molecular formula is C16H23NO3. The van der Waals surface area contributed by atoms with Crippen LogP contribution in [0.1, 0.15) is 31.7 Å². The Kier molecular flexibility index (Phi) is 5.30. The van der Waals surface area contributed by atoms with Crippen LogP contribution in [-0.2, 0) is 6.42 Å². The van der Waals surface area contributed by atoms with Crippen molar-refractivity contribution in [3.05, 3.63) is 30.4 Å². The second-order valence-electron chi connectivity index (χ2n) is 4.97. The third-order valence-electron chi connectivity index (χ3n) is 3.37. The molecule has 1 aromatic carbocycles. The van der Waals surface area contributed by atoms with Gasteiger partial charge in [-0.15, -0.1) is 6.58 Å². The van der Waals surface area contributed by atoms with Crippen LogP contribution in [0.25, 0.3) is 0 Å². The molecule has 0 radical (unpaired) electrons. The summed E-state index contributed by atoms with van der Waals surface area (Å²) < 4.78 is 16.7. The first-order chi connectivity index (χ1) is 9.74. The number of fused-ring (bicyclic) bond motifs is 1. The van der Waals surface area contributed by atoms with Gasteiger partial charge in [0.05, 0.1) is 6.61 Å². The average Bonchev–Trinajstić information content (AvgIpc) is 2.90. The van der Waals surface area contributed by atoms with Crippen molar-refractivity contribution in [1.29, 1.82) is 0 Å². The van der Waals surface area contributed by atoms with Crippen molar-refractivity contribution in [2.24, 2.45) is 5.73 Å². The standard InChI is InChI=1S/C16H23NO3/c1-3-5-6-7-18-14-10-16-15(19-11-20-16)9-12(14)8-13(17)4-2/h3,9-10,13H,1,4-8,11,17H2,2H3. The van der Waals surface area contributed by atoms with Gasteiger partial charge in [0.25, 0.3) is 0 Å². The number of rotatable bonds is 8. The van der Waals surface area contributed by atoms with E-state index in [9.17, 15) is 0 Å². The normalized spacial score (nSPS) is 14.1. The average molecular weight is 277 g/mol. The molecule has 0 saturated heterocycles. The number of ether oxygens (including phenoxy) is 3. The maximum atomic E-state index is 6.05. The van der Waals surface area contributed by atoms with Crippen LogP contribution in [0.4, 0.5) is 0 Å². The monoisotopic (exact) mass is 277 g/mol. The molecule has 1 aromatic rings. The quantitative estimate of drug-likeness (QED) is 0.586. The van der Waals surface area contributed by atoms with Gasteiger partial charge in [-0.25, -0.2) is 0 Å². The van der Waals surface area contributed by atoms with E-state index in [0.29, 0.717) is 6.61 Å². The molecule has 1 heterocycles. The number of unbranched alkanes of at least 4 members (excludes halogenated alkanes) is 1. The van der Waals surface area contributed by atoms with Crippen molar-refractivity contribution in [2.75, 3.05) is 13.4 Å². The molecule has 2 N–H and O–H groups in total. The maximum absolute atomic E-state index is 6.05. The lowest BCUT2D eigenvalue weighted by Gasteiger charge is -2.15. The molecule has 4 heteroatoms. The highest BCUT2D eigenvalue weighted by molar-refractivity contribution is 5.52. The molecule has 1 aliphatic rings. The van der Waals surface area contributed by atoms with Gasteiger partial charge in [0.2, 0.25) is 6.79 Å². The zero-order valence-electron chi connectivity index (χ0n) is 12.1. The minimum absolute atomic E-state index is 0.130. The Morgan fingerprint density at radius 1 is 1.40 bits per heavy atom. The Bertz CT molecular complexity index is 459. The molecular weight excluding hydrogens is 254 g/mol. The minimum Gasteiger partial charge on any atom is -0.493 e. The summed E-state index contributed by atoms with van der Waals surface area (Å²) in [6.45, 7) is 6.74. The summed E-state index contributed by atoms with van der Waals surface area (Å²) in [6, 6.07) is 4.03. The van der Waals surface area contributed by atoms with Gasteiger partial charge in [-0.3, -0.25) is 0 Å². The molecule has 0 bridgehead atoms. The van der Waals surface area contributed by atoms with Gasteiger partial charge in [-0.05, 0) is 37.3 Å². The van der Waals surface area contributed by atoms with Crippen LogP contribution >= 0.6 is 0 Å². The zero-order chi connectivity index (χ0) is 14.4. The summed E-state index contributed by atoms with van der Waals surface area (Å²) in [7, 11) is 0. The van der Waals surface area contributed by atoms with Crippen molar-refractivity contribution < 1.29 is 14.2 Å². The van der Waals surface area contributed by atoms with E-state index in [-0.39, 0.29) is 12.8 Å². The fourth-order valence-corrected chi connectivity index (χ4v) is 2.10. The van der Waals surface area contributed by atoms with Gasteiger partial charge in [-0.1, -0.05) is 13.0 Å². The van der Waals surface area contributed by atoms with E-state index in [4.69, 9.17) is 19.9 Å². The highest BCUT2D eigenvalue weighted by Crippen LogP contribution is 2.38. The Morgan fingerprint density at radius 3 is 2.85 bits per heavy atom. The third-order valence-corrected chi connectivity index (χ3v) is 3.37. The first-order valence-corrected chi connectivity index (χ1v) is 7.16. The Hall–Kier alpha value is -1.68. The van der Waals surface area contributed by atoms with E-state index in [1.807, 2.05) is 18.2 Å². The molecule has 0 aromatic heterocycles. The molecule has 1 unspecified atom stereocenters. The molecule has 110 valence electrons. The summed E-state index contributed by atoms with van der Waals surface area (Å²) in [5.41, 5.74) is 7.14. The summed E-state index contributed by atoms with van der Waals surface area (Å²) in [5.74, 6) is 2.38. The lowest BCUT2D eigenvalue weighted by Crippen LogP contribution is -2.21. The third kappa shape index (κ3) is 3.67. The van der Waals surface area contributed by atoms with E-state index < -0.39 is 0 Å². The number of allylic oxidation sites excluding steroid dienone is 1. The second kappa shape index (κ2) is 7.20. The van der Waals surface area contributed by atoms with Crippen LogP contribution in [0, 0.1) is 0 Å². The zero-order valence-corrected chi connectivity index (χ0v) is 12.1. The molecule has 0 saturated carbocycles. The SMILES string of the molecule is C=CCCCOc1cc2c(cc1CC(N)CC)OCO2. The van der Waals surface area contributed by atoms with Gasteiger partial charge in [0.1, 0.15) is 5.75 Å². The predicted octanol–water partition coefficient (Wildman–Crippen LogP) is 3.04. The van der Waals surface area contributed by atoms with E-state index in [2.05, 4.69) is 13.5 Å². The first kappa shape index (κ1) is 14.7. The van der Waals surface area contributed by atoms with Crippen LogP contribution in [0.3, 0.4) is 0 Å². The molecule has 1 atom stereocenters. The van der Waals surface area contributed by atoms with E-state index in [1.54, 1.807) is 0 Å². The second-order valence-corrected chi connectivity index (χ2v) is 4.97. The smallest absolute Gasteiger partial charge is 0.231 e. The highest BCUT2D eigenvalue weighted by atomic mass is 16.7. The summed E-state index contributed by atoms with van der Waals surface area (Å²) in [6.07, 6.45) is 5.52. The Labute approximate surface area is 120 Å². The number of hydrogen-bond acceptors (Lipinski definition) is 4. The molecule has 0 amide bonds. The van der Waals surface area contributed by atoms with Crippen molar-refractivity contribution in [3.8, 4) is 17.2 Å². The fourth-order valence-electron chi connectivity index (χ4n) is 2.10. The van der Waals surface area contributed by atoms with Crippen LogP contribution in [0.2, 0.25) is 0 Å². The topological polar surface area (TPSA) is 53.7 Å². The first-order valence-electron chi connectivity index (χ1n) is 7.16. The highest BCUT2D eigenvalue weighted by Gasteiger charge is 2.19. The molecule has 0 fully saturated rings. The molecule has 0 aliphatic carbocycles. The largest absolute Gasteiger partial charge is 0.493 e. The summed E-state index contributed by atoms with van der Waals surface area (Å²) in [5, 5.41) is 0. The summed E-state index contributed by atoms with van der Waals surface area (Å²) in [4.78, 5) is 0. The van der Waals surface area contributed by atoms with Crippen LogP contribution in [0.5, 0.6) is 17.2 Å². The fraction of sp³-hybridized carbons (Fsp3) is 0.500. The van der Waals surface area contributed by atoms with Gasteiger partial charge >= 0.3 is 0 Å². The van der Waals surface area contributed by atoms with Crippen molar-refractivity contribution >= 4 is 0 Å². The predicted molar refractivity (Wildman–Crippen MR) is 79.5 cm³/mol. The Balaban J connectivity index is 2.11. The van der Waals surface area contributed by atoms with Crippen molar-refractivity contribution in [3.63, 3.8) is 0 Å². The van der Waals surface area contributed by atoms with Gasteiger partial charge in [0.15, 0.2) is 11.5 Å². The Morgan fingerprint density at radius 2 is 2.15 bits per heavy atom. The van der Waals surface area contributed by atoms with Gasteiger partial charge in [0, 0.05) is 12.1 Å². The van der Waals surface area contributed by atoms with Crippen LogP contribution in [0.15, 0.2) is 24.8 Å². The van der Waals surface area contributed by atoms with Gasteiger partial charge < -0.3 is 19.9 Å². The molecule has 0 spiro atoms. The lowest BCUT2D eigenvalue weighted by molar-refractivity contribution is 0.173. The lowest BCUT2D eigenvalue weighted by atomic mass is 10.0. The summed E-state index contributed by atoms with van der Waals surface area (Å²) >= 11 is 0.